The second-order valence-corrected chi connectivity index (χ2v) is 11.2. The van der Waals surface area contributed by atoms with Crippen LogP contribution in [0, 0.1) is 5.41 Å². The van der Waals surface area contributed by atoms with Crippen molar-refractivity contribution < 1.29 is 0 Å². The molecule has 2 bridgehead atoms. The predicted molar refractivity (Wildman–Crippen MR) is 129 cm³/mol. The Morgan fingerprint density at radius 3 is 2.35 bits per heavy atom. The summed E-state index contributed by atoms with van der Waals surface area (Å²) in [5, 5.41) is 1.15. The van der Waals surface area contributed by atoms with Gasteiger partial charge in [-0.25, -0.2) is 9.97 Å². The molecule has 0 saturated heterocycles. The fourth-order valence-corrected chi connectivity index (χ4v) is 6.42. The van der Waals surface area contributed by atoms with Crippen LogP contribution in [-0.2, 0) is 5.41 Å². The Hall–Kier alpha value is -2.42. The molecule has 1 fully saturated rings. The third-order valence-corrected chi connectivity index (χ3v) is 8.65. The molecule has 160 valence electrons. The van der Waals surface area contributed by atoms with Crippen molar-refractivity contribution in [1.29, 1.82) is 0 Å². The molecule has 0 amide bonds. The first-order valence-electron chi connectivity index (χ1n) is 12.1. The van der Waals surface area contributed by atoms with Gasteiger partial charge in [0.15, 0.2) is 0 Å². The van der Waals surface area contributed by atoms with E-state index in [4.69, 9.17) is 9.97 Å². The van der Waals surface area contributed by atoms with Crippen molar-refractivity contribution in [2.45, 2.75) is 84.0 Å². The molecular formula is C28H33N3. The number of benzene rings is 2. The summed E-state index contributed by atoms with van der Waals surface area (Å²) in [5.41, 5.74) is 7.68. The van der Waals surface area contributed by atoms with Crippen molar-refractivity contribution in [2.75, 3.05) is 0 Å². The lowest BCUT2D eigenvalue weighted by Crippen LogP contribution is -2.39. The van der Waals surface area contributed by atoms with Gasteiger partial charge in [-0.3, -0.25) is 4.40 Å². The Labute approximate surface area is 184 Å². The molecule has 0 unspecified atom stereocenters. The predicted octanol–water partition coefficient (Wildman–Crippen LogP) is 7.50. The van der Waals surface area contributed by atoms with E-state index in [2.05, 4.69) is 75.4 Å². The van der Waals surface area contributed by atoms with Crippen LogP contribution in [0.1, 0.15) is 95.5 Å². The van der Waals surface area contributed by atoms with Crippen LogP contribution in [0.3, 0.4) is 0 Å². The van der Waals surface area contributed by atoms with Crippen LogP contribution in [0.5, 0.6) is 0 Å². The van der Waals surface area contributed by atoms with Gasteiger partial charge in [0.1, 0.15) is 11.5 Å². The van der Waals surface area contributed by atoms with E-state index in [-0.39, 0.29) is 10.8 Å². The van der Waals surface area contributed by atoms with Gasteiger partial charge in [-0.2, -0.15) is 0 Å². The van der Waals surface area contributed by atoms with E-state index < -0.39 is 0 Å². The van der Waals surface area contributed by atoms with Gasteiger partial charge in [-0.15, -0.1) is 0 Å². The van der Waals surface area contributed by atoms with Crippen LogP contribution in [0.25, 0.3) is 27.6 Å². The van der Waals surface area contributed by atoms with Crippen LogP contribution >= 0.6 is 0 Å². The highest BCUT2D eigenvalue weighted by molar-refractivity contribution is 5.97. The SMILES string of the molecule is CCC[C@@](C)(c1nc2ccccc2c2nc3cc4c(cc3n12)[C@@H]1CC[C@H]4C1)C(C)(C)C. The van der Waals surface area contributed by atoms with Crippen molar-refractivity contribution in [1.82, 2.24) is 14.4 Å². The minimum Gasteiger partial charge on any atom is -0.279 e. The molecule has 2 aliphatic carbocycles. The summed E-state index contributed by atoms with van der Waals surface area (Å²) in [6, 6.07) is 13.4. The Morgan fingerprint density at radius 1 is 0.935 bits per heavy atom. The third-order valence-electron chi connectivity index (χ3n) is 8.65. The second-order valence-electron chi connectivity index (χ2n) is 11.2. The van der Waals surface area contributed by atoms with Crippen LogP contribution < -0.4 is 0 Å². The molecule has 1 saturated carbocycles. The molecule has 3 atom stereocenters. The van der Waals surface area contributed by atoms with E-state index in [0.29, 0.717) is 0 Å². The molecule has 2 aliphatic rings. The lowest BCUT2D eigenvalue weighted by atomic mass is 9.64. The summed E-state index contributed by atoms with van der Waals surface area (Å²) in [6.07, 6.45) is 6.28. The molecule has 3 heteroatoms. The van der Waals surface area contributed by atoms with Gasteiger partial charge >= 0.3 is 0 Å². The monoisotopic (exact) mass is 411 g/mol. The maximum atomic E-state index is 5.35. The van der Waals surface area contributed by atoms with Crippen molar-refractivity contribution in [3.63, 3.8) is 0 Å². The highest BCUT2D eigenvalue weighted by Crippen LogP contribution is 2.54. The molecule has 6 rings (SSSR count). The molecule has 31 heavy (non-hydrogen) atoms. The van der Waals surface area contributed by atoms with Gasteiger partial charge in [0.25, 0.3) is 0 Å². The number of aromatic nitrogens is 3. The number of fused-ring (bicyclic) bond motifs is 10. The summed E-state index contributed by atoms with van der Waals surface area (Å²) < 4.78 is 2.42. The van der Waals surface area contributed by atoms with Gasteiger partial charge in [0.2, 0.25) is 0 Å². The zero-order chi connectivity index (χ0) is 21.5. The average molecular weight is 412 g/mol. The van der Waals surface area contributed by atoms with Crippen LogP contribution in [0.4, 0.5) is 0 Å². The smallest absolute Gasteiger partial charge is 0.148 e. The Kier molecular flexibility index (Phi) is 3.92. The summed E-state index contributed by atoms with van der Waals surface area (Å²) in [6.45, 7) is 11.8. The van der Waals surface area contributed by atoms with Crippen LogP contribution in [-0.4, -0.2) is 14.4 Å². The van der Waals surface area contributed by atoms with Gasteiger partial charge in [-0.1, -0.05) is 53.2 Å². The average Bonchev–Trinajstić information content (AvgIpc) is 3.44. The van der Waals surface area contributed by atoms with E-state index >= 15 is 0 Å². The molecule has 3 nitrogen and oxygen atoms in total. The second kappa shape index (κ2) is 6.31. The maximum Gasteiger partial charge on any atom is 0.148 e. The lowest BCUT2D eigenvalue weighted by Gasteiger charge is -2.42. The van der Waals surface area contributed by atoms with Gasteiger partial charge < -0.3 is 0 Å². The van der Waals surface area contributed by atoms with E-state index in [1.807, 2.05) is 0 Å². The first-order chi connectivity index (χ1) is 14.8. The van der Waals surface area contributed by atoms with Gasteiger partial charge in [0, 0.05) is 10.8 Å². The summed E-state index contributed by atoms with van der Waals surface area (Å²) in [5.74, 6) is 2.67. The Bertz CT molecular complexity index is 1340. The van der Waals surface area contributed by atoms with E-state index in [1.165, 1.54) is 30.6 Å². The Balaban J connectivity index is 1.77. The molecule has 0 radical (unpaired) electrons. The molecule has 2 heterocycles. The third kappa shape index (κ3) is 2.52. The molecule has 4 aromatic rings. The minimum atomic E-state index is -0.0598. The fraction of sp³-hybridized carbons (Fsp3) is 0.500. The van der Waals surface area contributed by atoms with E-state index in [0.717, 1.165) is 46.7 Å². The van der Waals surface area contributed by atoms with Gasteiger partial charge in [-0.05, 0) is 78.3 Å². The molecule has 2 aromatic carbocycles. The summed E-state index contributed by atoms with van der Waals surface area (Å²) >= 11 is 0. The standard InChI is InChI=1S/C28H33N3/c1-6-13-28(5,27(2,3)4)26-30-22-10-8-7-9-19(22)25-29-23-15-20-17-11-12-18(14-17)21(20)16-24(23)31(25)26/h7-10,15-18H,6,11-14H2,1-5H3/t17-,18+,28-/m0/s1. The summed E-state index contributed by atoms with van der Waals surface area (Å²) in [4.78, 5) is 10.6. The number of imidazole rings is 1. The first-order valence-corrected chi connectivity index (χ1v) is 12.1. The number of hydrogen-bond donors (Lipinski definition) is 0. The zero-order valence-electron chi connectivity index (χ0n) is 19.5. The minimum absolute atomic E-state index is 0.0598. The fourth-order valence-electron chi connectivity index (χ4n) is 6.42. The lowest BCUT2D eigenvalue weighted by molar-refractivity contribution is 0.175. The number of hydrogen-bond acceptors (Lipinski definition) is 2. The summed E-state index contributed by atoms with van der Waals surface area (Å²) in [7, 11) is 0. The van der Waals surface area contributed by atoms with Crippen LogP contribution in [0.2, 0.25) is 0 Å². The van der Waals surface area contributed by atoms with Crippen LogP contribution in [0.15, 0.2) is 36.4 Å². The topological polar surface area (TPSA) is 30.2 Å². The maximum absolute atomic E-state index is 5.35. The van der Waals surface area contributed by atoms with Crippen molar-refractivity contribution in [3.05, 3.63) is 53.3 Å². The quantitative estimate of drug-likeness (QED) is 0.349. The van der Waals surface area contributed by atoms with E-state index in [9.17, 15) is 0 Å². The molecular weight excluding hydrogens is 378 g/mol. The zero-order valence-corrected chi connectivity index (χ0v) is 19.5. The highest BCUT2D eigenvalue weighted by Gasteiger charge is 2.42. The molecule has 2 aromatic heterocycles. The highest BCUT2D eigenvalue weighted by atomic mass is 15.1. The largest absolute Gasteiger partial charge is 0.279 e. The first kappa shape index (κ1) is 19.3. The normalized spacial score (nSPS) is 22.5. The van der Waals surface area contributed by atoms with Crippen molar-refractivity contribution in [2.24, 2.45) is 5.41 Å². The number of nitrogens with zero attached hydrogens (tertiary/aromatic N) is 3. The Morgan fingerprint density at radius 2 is 1.65 bits per heavy atom. The van der Waals surface area contributed by atoms with Crippen molar-refractivity contribution >= 4 is 27.6 Å². The molecule has 0 spiro atoms. The van der Waals surface area contributed by atoms with Gasteiger partial charge in [0.05, 0.1) is 16.6 Å². The number of rotatable bonds is 3. The van der Waals surface area contributed by atoms with Crippen molar-refractivity contribution in [3.8, 4) is 0 Å². The van der Waals surface area contributed by atoms with E-state index in [1.54, 1.807) is 11.1 Å². The molecule has 0 N–H and O–H groups in total. The molecule has 0 aliphatic heterocycles. The number of para-hydroxylation sites is 1.